The van der Waals surface area contributed by atoms with Crippen molar-refractivity contribution in [2.24, 2.45) is 0 Å². The number of para-hydroxylation sites is 1. The van der Waals surface area contributed by atoms with Crippen LogP contribution in [0.4, 0.5) is 47.3 Å². The Morgan fingerprint density at radius 2 is 0.810 bits per heavy atom. The van der Waals surface area contributed by atoms with Crippen molar-refractivity contribution in [1.29, 1.82) is 0 Å². The summed E-state index contributed by atoms with van der Waals surface area (Å²) in [6.07, 6.45) is -4.59. The third kappa shape index (κ3) is 5.44. The Kier molecular flexibility index (Phi) is 7.92. The predicted octanol–water partition coefficient (Wildman–Crippen LogP) is 11.1. The molecule has 296 valence electrons. The molecule has 4 aliphatic rings. The Bertz CT molecular complexity index is 3340. The van der Waals surface area contributed by atoms with Gasteiger partial charge in [-0.15, -0.1) is 0 Å². The zero-order valence-electron chi connectivity index (χ0n) is 33.6. The third-order valence-corrected chi connectivity index (χ3v) is 14.5. The molecule has 4 heterocycles. The van der Waals surface area contributed by atoms with Crippen molar-refractivity contribution in [3.63, 3.8) is 0 Å². The number of hydrogen-bond donors (Lipinski definition) is 0. The van der Waals surface area contributed by atoms with Crippen LogP contribution in [-0.4, -0.2) is 13.4 Å². The van der Waals surface area contributed by atoms with Gasteiger partial charge >= 0.3 is 6.18 Å². The molecule has 0 aromatic heterocycles. The first kappa shape index (κ1) is 36.5. The first-order valence-corrected chi connectivity index (χ1v) is 22.0. The number of alkyl halides is 3. The Morgan fingerprint density at radius 1 is 0.349 bits per heavy atom. The van der Waals surface area contributed by atoms with E-state index in [1.165, 1.54) is 28.5 Å². The minimum Gasteiger partial charge on any atom is -0.312 e. The van der Waals surface area contributed by atoms with Crippen molar-refractivity contribution in [3.8, 4) is 33.4 Å². The first-order valence-electron chi connectivity index (χ1n) is 21.2. The largest absolute Gasteiger partial charge is 0.418 e. The molecule has 0 saturated carbocycles. The lowest BCUT2D eigenvalue weighted by Crippen LogP contribution is -2.68. The molecule has 0 bridgehead atoms. The molecule has 0 fully saturated rings. The average molecular weight is 833 g/mol. The lowest BCUT2D eigenvalue weighted by Gasteiger charge is -2.49. The van der Waals surface area contributed by atoms with Gasteiger partial charge in [-0.3, -0.25) is 0 Å². The molecule has 13 rings (SSSR count). The van der Waals surface area contributed by atoms with Crippen LogP contribution >= 0.6 is 11.8 Å². The van der Waals surface area contributed by atoms with E-state index in [0.29, 0.717) is 0 Å². The molecule has 0 amide bonds. The van der Waals surface area contributed by atoms with Crippen molar-refractivity contribution in [3.05, 3.63) is 206 Å². The SMILES string of the molecule is FC(F)(F)c1ccccc1N1c2ccc(-c3ccccc3)cc2B2c3cc(-c4ccccc4)ccc3N3c4ccc(-c5ccccc5)cc4B4c5ccccc5Sc5cc1c2c3c54. The summed E-state index contributed by atoms with van der Waals surface area (Å²) in [5, 5.41) is 0. The van der Waals surface area contributed by atoms with Gasteiger partial charge in [-0.1, -0.05) is 175 Å². The molecule has 0 spiro atoms. The van der Waals surface area contributed by atoms with E-state index in [1.807, 2.05) is 41.3 Å². The van der Waals surface area contributed by atoms with Crippen molar-refractivity contribution < 1.29 is 13.2 Å². The Morgan fingerprint density at radius 3 is 1.35 bits per heavy atom. The molecule has 8 heteroatoms. The summed E-state index contributed by atoms with van der Waals surface area (Å²) < 4.78 is 46.0. The molecule has 0 N–H and O–H groups in total. The van der Waals surface area contributed by atoms with Gasteiger partial charge in [-0.05, 0) is 103 Å². The van der Waals surface area contributed by atoms with Crippen molar-refractivity contribution >= 4 is 92.1 Å². The van der Waals surface area contributed by atoms with E-state index in [-0.39, 0.29) is 19.1 Å². The van der Waals surface area contributed by atoms with E-state index >= 15 is 13.2 Å². The lowest BCUT2D eigenvalue weighted by atomic mass is 9.29. The van der Waals surface area contributed by atoms with Gasteiger partial charge in [0.05, 0.1) is 11.3 Å². The van der Waals surface area contributed by atoms with Crippen LogP contribution in [0.1, 0.15) is 5.56 Å². The number of nitrogens with zero attached hydrogens (tertiary/aromatic N) is 2. The molecule has 0 saturated heterocycles. The van der Waals surface area contributed by atoms with Crippen molar-refractivity contribution in [1.82, 2.24) is 0 Å². The molecule has 4 aliphatic heterocycles. The molecule has 9 aromatic rings. The zero-order chi connectivity index (χ0) is 42.0. The number of anilines is 6. The molecule has 0 radical (unpaired) electrons. The van der Waals surface area contributed by atoms with Crippen LogP contribution in [0.5, 0.6) is 0 Å². The van der Waals surface area contributed by atoms with Gasteiger partial charge in [0, 0.05) is 38.2 Å². The highest BCUT2D eigenvalue weighted by Crippen LogP contribution is 2.51. The maximum Gasteiger partial charge on any atom is 0.418 e. The fourth-order valence-electron chi connectivity index (χ4n) is 10.7. The average Bonchev–Trinajstić information content (AvgIpc) is 3.33. The number of benzene rings is 9. The maximum atomic E-state index is 15.3. The molecule has 0 unspecified atom stereocenters. The molecule has 2 nitrogen and oxygen atoms in total. The van der Waals surface area contributed by atoms with E-state index in [2.05, 4.69) is 144 Å². The summed E-state index contributed by atoms with van der Waals surface area (Å²) in [4.78, 5) is 6.55. The molecular weight excluding hydrogens is 799 g/mol. The van der Waals surface area contributed by atoms with Crippen LogP contribution in [0, 0.1) is 0 Å². The van der Waals surface area contributed by atoms with Gasteiger partial charge in [-0.2, -0.15) is 13.2 Å². The second-order valence-corrected chi connectivity index (χ2v) is 17.8. The highest BCUT2D eigenvalue weighted by atomic mass is 32.2. The van der Waals surface area contributed by atoms with Crippen molar-refractivity contribution in [2.75, 3.05) is 9.80 Å². The Hall–Kier alpha value is -7.15. The summed E-state index contributed by atoms with van der Waals surface area (Å²) >= 11 is 1.72. The van der Waals surface area contributed by atoms with Gasteiger partial charge in [0.25, 0.3) is 6.71 Å². The lowest BCUT2D eigenvalue weighted by molar-refractivity contribution is -0.137. The monoisotopic (exact) mass is 832 g/mol. The molecular formula is C55H33B2F3N2S. The topological polar surface area (TPSA) is 6.48 Å². The summed E-state index contributed by atoms with van der Waals surface area (Å²) in [5.74, 6) is 0. The van der Waals surface area contributed by atoms with E-state index in [0.717, 1.165) is 88.0 Å². The molecule has 0 atom stereocenters. The van der Waals surface area contributed by atoms with Crippen LogP contribution in [0.15, 0.2) is 210 Å². The van der Waals surface area contributed by atoms with Gasteiger partial charge in [-0.25, -0.2) is 0 Å². The normalized spacial score (nSPS) is 13.8. The van der Waals surface area contributed by atoms with E-state index in [9.17, 15) is 0 Å². The fourth-order valence-corrected chi connectivity index (χ4v) is 11.9. The zero-order valence-corrected chi connectivity index (χ0v) is 34.5. The third-order valence-electron chi connectivity index (χ3n) is 13.3. The summed E-state index contributed by atoms with van der Waals surface area (Å²) in [5.41, 5.74) is 17.4. The van der Waals surface area contributed by atoms with E-state index < -0.39 is 11.7 Å². The second-order valence-electron chi connectivity index (χ2n) is 16.7. The van der Waals surface area contributed by atoms with Gasteiger partial charge in [0.15, 0.2) is 0 Å². The van der Waals surface area contributed by atoms with Crippen LogP contribution in [0.2, 0.25) is 0 Å². The van der Waals surface area contributed by atoms with Gasteiger partial charge in [0.1, 0.15) is 0 Å². The van der Waals surface area contributed by atoms with Crippen LogP contribution in [0.3, 0.4) is 0 Å². The van der Waals surface area contributed by atoms with Crippen LogP contribution in [-0.2, 0) is 6.18 Å². The second kappa shape index (κ2) is 13.7. The highest BCUT2D eigenvalue weighted by molar-refractivity contribution is 8.00. The fraction of sp³-hybridized carbons (Fsp3) is 0.0182. The maximum absolute atomic E-state index is 15.3. The number of rotatable bonds is 4. The quantitative estimate of drug-likeness (QED) is 0.163. The Balaban J connectivity index is 1.17. The number of halogens is 3. The van der Waals surface area contributed by atoms with Gasteiger partial charge < -0.3 is 9.80 Å². The minimum absolute atomic E-state index is 0.105. The van der Waals surface area contributed by atoms with Crippen molar-refractivity contribution in [2.45, 2.75) is 16.0 Å². The number of hydrogen-bond acceptors (Lipinski definition) is 3. The molecule has 9 aromatic carbocycles. The molecule has 63 heavy (non-hydrogen) atoms. The highest BCUT2D eigenvalue weighted by Gasteiger charge is 2.51. The summed E-state index contributed by atoms with van der Waals surface area (Å²) in [7, 11) is 0. The summed E-state index contributed by atoms with van der Waals surface area (Å²) in [6, 6.07) is 68.1. The van der Waals surface area contributed by atoms with E-state index in [1.54, 1.807) is 23.9 Å². The van der Waals surface area contributed by atoms with Crippen LogP contribution in [0.25, 0.3) is 33.4 Å². The predicted molar refractivity (Wildman–Crippen MR) is 257 cm³/mol. The standard InChI is InChI=1S/C55H33B2F3N2S/c58-55(59,60)40-20-10-12-22-45(40)61-46-27-24-37(34-14-4-1-5-15-34)30-42(46)57-44-32-39(36-18-8-3-9-19-36)26-29-48(44)62-47-28-25-38(35-16-6-2-7-17-35)31-43(47)56-41-21-11-13-23-50(41)63-51-33-49(61)52(57)54(62)53(51)56/h1-33H. The Labute approximate surface area is 368 Å². The van der Waals surface area contributed by atoms with Crippen LogP contribution < -0.4 is 42.6 Å². The summed E-state index contributed by atoms with van der Waals surface area (Å²) in [6.45, 7) is -0.400. The van der Waals surface area contributed by atoms with Gasteiger partial charge in [0.2, 0.25) is 6.71 Å². The first-order chi connectivity index (χ1) is 30.9. The smallest absolute Gasteiger partial charge is 0.312 e. The number of fused-ring (bicyclic) bond motifs is 10. The van der Waals surface area contributed by atoms with E-state index in [4.69, 9.17) is 0 Å². The molecule has 0 aliphatic carbocycles. The minimum atomic E-state index is -4.59.